The van der Waals surface area contributed by atoms with Crippen LogP contribution in [0.2, 0.25) is 0 Å². The topological polar surface area (TPSA) is 83.7 Å². The molecule has 0 bridgehead atoms. The Balaban J connectivity index is 2.12. The summed E-state index contributed by atoms with van der Waals surface area (Å²) in [4.78, 5) is 27.7. The van der Waals surface area contributed by atoms with E-state index in [-0.39, 0.29) is 12.5 Å². The highest BCUT2D eigenvalue weighted by atomic mass is 16.4. The van der Waals surface area contributed by atoms with E-state index in [4.69, 9.17) is 0 Å². The zero-order valence-electron chi connectivity index (χ0n) is 12.2. The molecule has 2 rings (SSSR count). The van der Waals surface area contributed by atoms with E-state index in [1.807, 2.05) is 13.8 Å². The molecule has 2 aromatic rings. The maximum Gasteiger partial charge on any atom is 0.311 e. The summed E-state index contributed by atoms with van der Waals surface area (Å²) in [7, 11) is 0. The van der Waals surface area contributed by atoms with Crippen molar-refractivity contribution in [1.82, 2.24) is 14.7 Å². The van der Waals surface area contributed by atoms with Crippen LogP contribution >= 0.6 is 0 Å². The number of hydrogen-bond donors (Lipinski definition) is 2. The molecule has 0 saturated heterocycles. The molecular formula is C15H19N3O3. The second-order valence-electron chi connectivity index (χ2n) is 5.09. The first kappa shape index (κ1) is 15.0. The Morgan fingerprint density at radius 2 is 2.05 bits per heavy atom. The van der Waals surface area contributed by atoms with Crippen LogP contribution in [0.3, 0.4) is 0 Å². The fourth-order valence-corrected chi connectivity index (χ4v) is 2.28. The third kappa shape index (κ3) is 2.89. The highest BCUT2D eigenvalue weighted by Crippen LogP contribution is 2.25. The van der Waals surface area contributed by atoms with E-state index in [1.54, 1.807) is 35.1 Å². The zero-order chi connectivity index (χ0) is 15.5. The molecule has 0 unspecified atom stereocenters. The van der Waals surface area contributed by atoms with Crippen molar-refractivity contribution in [3.63, 3.8) is 0 Å². The predicted octanol–water partition coefficient (Wildman–Crippen LogP) is 1.96. The molecule has 21 heavy (non-hydrogen) atoms. The molecular weight excluding hydrogens is 270 g/mol. The van der Waals surface area contributed by atoms with E-state index in [0.29, 0.717) is 18.4 Å². The summed E-state index contributed by atoms with van der Waals surface area (Å²) < 4.78 is 1.75. The summed E-state index contributed by atoms with van der Waals surface area (Å²) >= 11 is 0. The summed E-state index contributed by atoms with van der Waals surface area (Å²) in [5.74, 6) is -1.16. The fourth-order valence-electron chi connectivity index (χ4n) is 2.28. The number of aliphatic carboxylic acids is 1. The second kappa shape index (κ2) is 5.95. The highest BCUT2D eigenvalue weighted by Gasteiger charge is 2.35. The van der Waals surface area contributed by atoms with Gasteiger partial charge in [-0.3, -0.25) is 9.59 Å². The number of carbonyl (C=O) groups is 2. The predicted molar refractivity (Wildman–Crippen MR) is 78.2 cm³/mol. The fraction of sp³-hybridized carbons (Fsp3) is 0.400. The number of imidazole rings is 1. The maximum absolute atomic E-state index is 12.2. The lowest BCUT2D eigenvalue weighted by atomic mass is 9.82. The Morgan fingerprint density at radius 1 is 1.33 bits per heavy atom. The number of carbonyl (C=O) groups excluding carboxylic acids is 1. The van der Waals surface area contributed by atoms with Crippen LogP contribution in [0, 0.1) is 5.41 Å². The van der Waals surface area contributed by atoms with E-state index < -0.39 is 11.4 Å². The van der Waals surface area contributed by atoms with Crippen molar-refractivity contribution in [2.75, 3.05) is 6.54 Å². The first-order valence-corrected chi connectivity index (χ1v) is 6.96. The molecule has 6 nitrogen and oxygen atoms in total. The van der Waals surface area contributed by atoms with Gasteiger partial charge in [0, 0.05) is 25.1 Å². The van der Waals surface area contributed by atoms with E-state index in [9.17, 15) is 14.7 Å². The van der Waals surface area contributed by atoms with Gasteiger partial charge in [0.2, 0.25) is 0 Å². The monoisotopic (exact) mass is 289 g/mol. The van der Waals surface area contributed by atoms with Gasteiger partial charge in [-0.1, -0.05) is 13.8 Å². The highest BCUT2D eigenvalue weighted by molar-refractivity contribution is 5.94. The molecule has 0 aliphatic heterocycles. The molecule has 0 aromatic carbocycles. The zero-order valence-corrected chi connectivity index (χ0v) is 12.2. The molecule has 0 aliphatic rings. The lowest BCUT2D eigenvalue weighted by Crippen LogP contribution is -2.42. The molecule has 0 spiro atoms. The molecule has 2 heterocycles. The average Bonchev–Trinajstić information content (AvgIpc) is 2.95. The first-order valence-electron chi connectivity index (χ1n) is 6.96. The van der Waals surface area contributed by atoms with E-state index in [1.165, 1.54) is 0 Å². The van der Waals surface area contributed by atoms with Gasteiger partial charge in [0.15, 0.2) is 0 Å². The number of amides is 1. The van der Waals surface area contributed by atoms with Crippen LogP contribution in [0.1, 0.15) is 37.0 Å². The Hall–Kier alpha value is -2.37. The Labute approximate surface area is 122 Å². The summed E-state index contributed by atoms with van der Waals surface area (Å²) in [6, 6.07) is 3.43. The average molecular weight is 289 g/mol. The number of carboxylic acids is 1. The number of aromatic nitrogens is 2. The third-order valence-electron chi connectivity index (χ3n) is 4.05. The number of nitrogens with zero attached hydrogens (tertiary/aromatic N) is 2. The molecule has 2 aromatic heterocycles. The van der Waals surface area contributed by atoms with Gasteiger partial charge in [0.25, 0.3) is 5.91 Å². The van der Waals surface area contributed by atoms with Crippen LogP contribution in [-0.4, -0.2) is 32.9 Å². The first-order chi connectivity index (χ1) is 10.0. The van der Waals surface area contributed by atoms with Gasteiger partial charge in [-0.05, 0) is 25.0 Å². The second-order valence-corrected chi connectivity index (χ2v) is 5.09. The number of nitrogens with one attached hydrogen (secondary N) is 1. The number of rotatable bonds is 6. The summed E-state index contributed by atoms with van der Waals surface area (Å²) in [5.41, 5.74) is 0.329. The van der Waals surface area contributed by atoms with E-state index in [2.05, 4.69) is 10.3 Å². The quantitative estimate of drug-likeness (QED) is 0.851. The SMILES string of the molecule is CCC(CC)(CNC(=O)c1ccc2nccn2c1)C(=O)O. The van der Waals surface area contributed by atoms with Gasteiger partial charge in [-0.2, -0.15) is 0 Å². The van der Waals surface area contributed by atoms with Crippen molar-refractivity contribution in [2.45, 2.75) is 26.7 Å². The van der Waals surface area contributed by atoms with Crippen molar-refractivity contribution >= 4 is 17.5 Å². The van der Waals surface area contributed by atoms with Crippen molar-refractivity contribution in [1.29, 1.82) is 0 Å². The summed E-state index contributed by atoms with van der Waals surface area (Å²) in [6.45, 7) is 3.76. The minimum Gasteiger partial charge on any atom is -0.481 e. The largest absolute Gasteiger partial charge is 0.481 e. The van der Waals surface area contributed by atoms with Gasteiger partial charge in [0.1, 0.15) is 5.65 Å². The minimum absolute atomic E-state index is 0.121. The standard InChI is InChI=1S/C15H19N3O3/c1-3-15(4-2,14(20)21)10-17-13(19)11-5-6-12-16-7-8-18(12)9-11/h5-9H,3-4,10H2,1-2H3,(H,17,19)(H,20,21). The van der Waals surface area contributed by atoms with E-state index >= 15 is 0 Å². The molecule has 0 radical (unpaired) electrons. The van der Waals surface area contributed by atoms with Gasteiger partial charge in [-0.25, -0.2) is 4.98 Å². The van der Waals surface area contributed by atoms with Crippen molar-refractivity contribution in [3.8, 4) is 0 Å². The van der Waals surface area contributed by atoms with Gasteiger partial charge < -0.3 is 14.8 Å². The van der Waals surface area contributed by atoms with Crippen LogP contribution in [0.4, 0.5) is 0 Å². The molecule has 1 amide bonds. The Kier molecular flexibility index (Phi) is 4.26. The van der Waals surface area contributed by atoms with Gasteiger partial charge >= 0.3 is 5.97 Å². The number of carboxylic acid groups (broad SMARTS) is 1. The molecule has 0 saturated carbocycles. The third-order valence-corrected chi connectivity index (χ3v) is 4.05. The lowest BCUT2D eigenvalue weighted by molar-refractivity contribution is -0.149. The lowest BCUT2D eigenvalue weighted by Gasteiger charge is -2.26. The van der Waals surface area contributed by atoms with Crippen LogP contribution < -0.4 is 5.32 Å². The maximum atomic E-state index is 12.2. The van der Waals surface area contributed by atoms with E-state index in [0.717, 1.165) is 5.65 Å². The smallest absolute Gasteiger partial charge is 0.311 e. The van der Waals surface area contributed by atoms with Crippen LogP contribution in [0.25, 0.3) is 5.65 Å². The number of pyridine rings is 1. The minimum atomic E-state index is -0.908. The summed E-state index contributed by atoms with van der Waals surface area (Å²) in [5, 5.41) is 12.1. The van der Waals surface area contributed by atoms with Crippen LogP contribution in [0.15, 0.2) is 30.7 Å². The molecule has 0 fully saturated rings. The normalized spacial score (nSPS) is 11.5. The molecule has 2 N–H and O–H groups in total. The Morgan fingerprint density at radius 3 is 2.67 bits per heavy atom. The molecule has 112 valence electrons. The molecule has 0 aliphatic carbocycles. The van der Waals surface area contributed by atoms with Crippen LogP contribution in [0.5, 0.6) is 0 Å². The Bertz CT molecular complexity index is 659. The van der Waals surface area contributed by atoms with Gasteiger partial charge in [-0.15, -0.1) is 0 Å². The van der Waals surface area contributed by atoms with Crippen LogP contribution in [-0.2, 0) is 4.79 Å². The number of hydrogen-bond acceptors (Lipinski definition) is 3. The number of fused-ring (bicyclic) bond motifs is 1. The summed E-state index contributed by atoms with van der Waals surface area (Å²) in [6.07, 6.45) is 6.03. The molecule has 6 heteroatoms. The van der Waals surface area contributed by atoms with Crippen molar-refractivity contribution in [3.05, 3.63) is 36.3 Å². The van der Waals surface area contributed by atoms with Gasteiger partial charge in [0.05, 0.1) is 11.0 Å². The van der Waals surface area contributed by atoms with Crippen molar-refractivity contribution in [2.24, 2.45) is 5.41 Å². The van der Waals surface area contributed by atoms with Crippen molar-refractivity contribution < 1.29 is 14.7 Å². The molecule has 0 atom stereocenters.